The van der Waals surface area contributed by atoms with Crippen LogP contribution in [0.1, 0.15) is 58.8 Å². The largest absolute Gasteiger partial charge is 0.462 e. The molecule has 0 saturated carbocycles. The summed E-state index contributed by atoms with van der Waals surface area (Å²) in [4.78, 5) is 31.0. The molecule has 1 aromatic heterocycles. The first-order chi connectivity index (χ1) is 12.9. The van der Waals surface area contributed by atoms with Crippen LogP contribution in [0, 0.1) is 18.6 Å². The molecule has 27 heavy (non-hydrogen) atoms. The minimum Gasteiger partial charge on any atom is -0.462 e. The summed E-state index contributed by atoms with van der Waals surface area (Å²) < 4.78 is 31.8. The maximum absolute atomic E-state index is 13.6. The average molecular weight is 396 g/mol. The Morgan fingerprint density at radius 1 is 1.19 bits per heavy atom. The second-order valence-electron chi connectivity index (χ2n) is 5.92. The number of hydrogen-bond donors (Lipinski definition) is 0. The molecule has 0 bridgehead atoms. The molecule has 2 rings (SSSR count). The number of hydrogen-bond acceptors (Lipinski definition) is 5. The lowest BCUT2D eigenvalue weighted by molar-refractivity contribution is 0.0531. The topological polar surface area (TPSA) is 59.5 Å². The molecule has 5 nitrogen and oxygen atoms in total. The molecule has 0 aliphatic carbocycles. The van der Waals surface area contributed by atoms with Gasteiger partial charge in [0.25, 0.3) is 5.91 Å². The van der Waals surface area contributed by atoms with E-state index >= 15 is 0 Å². The van der Waals surface area contributed by atoms with Gasteiger partial charge in [-0.15, -0.1) is 0 Å². The van der Waals surface area contributed by atoms with Gasteiger partial charge < -0.3 is 4.74 Å². The molecule has 146 valence electrons. The highest BCUT2D eigenvalue weighted by atomic mass is 32.1. The first-order valence-electron chi connectivity index (χ1n) is 8.80. The van der Waals surface area contributed by atoms with Gasteiger partial charge in [0.2, 0.25) is 0 Å². The third-order valence-electron chi connectivity index (χ3n) is 3.87. The fraction of sp³-hybridized carbons (Fsp3) is 0.421. The Balaban J connectivity index is 2.36. The zero-order chi connectivity index (χ0) is 20.0. The number of aryl methyl sites for hydroxylation is 1. The third-order valence-corrected chi connectivity index (χ3v) is 5.03. The second-order valence-corrected chi connectivity index (χ2v) is 6.90. The second kappa shape index (κ2) is 9.55. The molecule has 0 aliphatic heterocycles. The highest BCUT2D eigenvalue weighted by molar-refractivity contribution is 7.17. The monoisotopic (exact) mass is 396 g/mol. The van der Waals surface area contributed by atoms with E-state index < -0.39 is 23.5 Å². The Kier molecular flexibility index (Phi) is 7.41. The number of carbonyl (C=O) groups excluding carboxylic acids is 2. The molecule has 0 atom stereocenters. The van der Waals surface area contributed by atoms with Crippen LogP contribution in [-0.4, -0.2) is 30.0 Å². The summed E-state index contributed by atoms with van der Waals surface area (Å²) in [5.41, 5.74) is 0.489. The number of esters is 1. The number of aromatic nitrogens is 1. The maximum atomic E-state index is 13.6. The summed E-state index contributed by atoms with van der Waals surface area (Å²) in [5.74, 6) is -3.09. The van der Waals surface area contributed by atoms with Crippen LogP contribution >= 0.6 is 11.3 Å². The summed E-state index contributed by atoms with van der Waals surface area (Å²) in [7, 11) is 0. The van der Waals surface area contributed by atoms with E-state index in [0.717, 1.165) is 42.7 Å². The van der Waals surface area contributed by atoms with Gasteiger partial charge in [0.05, 0.1) is 12.3 Å². The van der Waals surface area contributed by atoms with E-state index in [2.05, 4.69) is 4.98 Å². The summed E-state index contributed by atoms with van der Waals surface area (Å²) in [6.45, 7) is 6.01. The summed E-state index contributed by atoms with van der Waals surface area (Å²) in [5, 5.41) is 0.335. The normalized spacial score (nSPS) is 10.7. The molecule has 0 N–H and O–H groups in total. The minimum absolute atomic E-state index is 0.0240. The number of ether oxygens (including phenoxy) is 1. The molecular weight excluding hydrogens is 374 g/mol. The van der Waals surface area contributed by atoms with E-state index in [4.69, 9.17) is 4.74 Å². The quantitative estimate of drug-likeness (QED) is 0.478. The highest BCUT2D eigenvalue weighted by Crippen LogP contribution is 2.28. The summed E-state index contributed by atoms with van der Waals surface area (Å²) in [6.07, 6.45) is 2.58. The third kappa shape index (κ3) is 5.09. The Hall–Kier alpha value is -2.35. The fourth-order valence-corrected chi connectivity index (χ4v) is 3.46. The Morgan fingerprint density at radius 3 is 2.56 bits per heavy atom. The molecule has 0 saturated heterocycles. The van der Waals surface area contributed by atoms with Gasteiger partial charge in [0.15, 0.2) is 16.8 Å². The van der Waals surface area contributed by atoms with Crippen LogP contribution < -0.4 is 4.90 Å². The summed E-state index contributed by atoms with van der Waals surface area (Å²) >= 11 is 1.06. The van der Waals surface area contributed by atoms with Gasteiger partial charge in [0, 0.05) is 12.1 Å². The summed E-state index contributed by atoms with van der Waals surface area (Å²) in [6, 6.07) is 3.03. The molecule has 0 fully saturated rings. The van der Waals surface area contributed by atoms with Gasteiger partial charge in [0.1, 0.15) is 4.88 Å². The van der Waals surface area contributed by atoms with E-state index in [9.17, 15) is 18.4 Å². The van der Waals surface area contributed by atoms with Crippen molar-refractivity contribution in [2.24, 2.45) is 0 Å². The van der Waals surface area contributed by atoms with Crippen molar-refractivity contribution in [2.45, 2.75) is 40.0 Å². The number of amides is 1. The van der Waals surface area contributed by atoms with Crippen molar-refractivity contribution in [3.8, 4) is 0 Å². The zero-order valence-corrected chi connectivity index (χ0v) is 16.4. The molecule has 0 unspecified atom stereocenters. The maximum Gasteiger partial charge on any atom is 0.350 e. The number of halogens is 2. The molecule has 0 aliphatic rings. The average Bonchev–Trinajstić information content (AvgIpc) is 3.02. The number of rotatable bonds is 8. The van der Waals surface area contributed by atoms with Crippen molar-refractivity contribution >= 4 is 28.3 Å². The van der Waals surface area contributed by atoms with Gasteiger partial charge in [-0.05, 0) is 38.5 Å². The van der Waals surface area contributed by atoms with E-state index in [0.29, 0.717) is 22.2 Å². The fourth-order valence-electron chi connectivity index (χ4n) is 2.47. The first-order valence-corrected chi connectivity index (χ1v) is 9.62. The van der Waals surface area contributed by atoms with Gasteiger partial charge in [-0.3, -0.25) is 9.69 Å². The molecule has 0 spiro atoms. The number of anilines is 1. The van der Waals surface area contributed by atoms with Crippen LogP contribution in [0.25, 0.3) is 0 Å². The van der Waals surface area contributed by atoms with Crippen molar-refractivity contribution in [3.63, 3.8) is 0 Å². The van der Waals surface area contributed by atoms with Crippen molar-refractivity contribution in [1.82, 2.24) is 4.98 Å². The minimum atomic E-state index is -1.09. The van der Waals surface area contributed by atoms with E-state index in [1.54, 1.807) is 13.8 Å². The zero-order valence-electron chi connectivity index (χ0n) is 15.6. The Morgan fingerprint density at radius 2 is 1.93 bits per heavy atom. The van der Waals surface area contributed by atoms with Gasteiger partial charge in [-0.1, -0.05) is 31.1 Å². The van der Waals surface area contributed by atoms with Crippen LogP contribution in [0.3, 0.4) is 0 Å². The predicted molar refractivity (Wildman–Crippen MR) is 100 cm³/mol. The van der Waals surface area contributed by atoms with Crippen LogP contribution in [0.2, 0.25) is 0 Å². The van der Waals surface area contributed by atoms with Crippen LogP contribution in [0.15, 0.2) is 18.2 Å². The molecule has 0 radical (unpaired) electrons. The number of carbonyl (C=O) groups is 2. The lowest BCUT2D eigenvalue weighted by atomic mass is 10.1. The van der Waals surface area contributed by atoms with Gasteiger partial charge in [-0.25, -0.2) is 18.6 Å². The smallest absolute Gasteiger partial charge is 0.350 e. The van der Waals surface area contributed by atoms with Crippen LogP contribution in [0.5, 0.6) is 0 Å². The highest BCUT2D eigenvalue weighted by Gasteiger charge is 2.25. The number of thiazole rings is 1. The van der Waals surface area contributed by atoms with E-state index in [-0.39, 0.29) is 12.2 Å². The molecule has 2 aromatic rings. The van der Waals surface area contributed by atoms with Crippen molar-refractivity contribution < 1.29 is 23.1 Å². The standard InChI is InChI=1S/C19H22F2N2O3S/c1-4-6-7-10-23(17(24)13-8-9-14(20)15(21)11-13)19-22-12(3)16(27-19)18(25)26-5-2/h8-9,11H,4-7,10H2,1-3H3. The van der Waals surface area contributed by atoms with Crippen molar-refractivity contribution in [1.29, 1.82) is 0 Å². The lowest BCUT2D eigenvalue weighted by Crippen LogP contribution is -2.32. The lowest BCUT2D eigenvalue weighted by Gasteiger charge is -2.20. The number of unbranched alkanes of at least 4 members (excludes halogenated alkanes) is 2. The van der Waals surface area contributed by atoms with Crippen molar-refractivity contribution in [2.75, 3.05) is 18.1 Å². The SMILES string of the molecule is CCCCCN(C(=O)c1ccc(F)c(F)c1)c1nc(C)c(C(=O)OCC)s1. The molecule has 1 heterocycles. The Labute approximate surface area is 161 Å². The molecule has 8 heteroatoms. The number of nitrogens with zero attached hydrogens (tertiary/aromatic N) is 2. The molecule has 1 aromatic carbocycles. The predicted octanol–water partition coefficient (Wildman–Crippen LogP) is 4.74. The van der Waals surface area contributed by atoms with Crippen molar-refractivity contribution in [3.05, 3.63) is 46.0 Å². The van der Waals surface area contributed by atoms with Crippen LogP contribution in [0.4, 0.5) is 13.9 Å². The first kappa shape index (κ1) is 21.0. The van der Waals surface area contributed by atoms with Gasteiger partial charge >= 0.3 is 5.97 Å². The Bertz CT molecular complexity index is 823. The van der Waals surface area contributed by atoms with E-state index in [1.165, 1.54) is 11.0 Å². The molecule has 1 amide bonds. The van der Waals surface area contributed by atoms with E-state index in [1.807, 2.05) is 6.92 Å². The number of benzene rings is 1. The van der Waals surface area contributed by atoms with Gasteiger partial charge in [-0.2, -0.15) is 0 Å². The van der Waals surface area contributed by atoms with Crippen LogP contribution in [-0.2, 0) is 4.74 Å². The molecular formula is C19H22F2N2O3S.